The zero-order valence-corrected chi connectivity index (χ0v) is 15.5. The number of rotatable bonds is 7. The van der Waals surface area contributed by atoms with Crippen LogP contribution in [-0.2, 0) is 0 Å². The average molecular weight is 384 g/mol. The molecule has 0 aliphatic rings. The van der Waals surface area contributed by atoms with E-state index in [1.165, 1.54) is 23.5 Å². The molecule has 5 nitrogen and oxygen atoms in total. The summed E-state index contributed by atoms with van der Waals surface area (Å²) < 4.78 is 13.1. The molecule has 0 aliphatic carbocycles. The van der Waals surface area contributed by atoms with Crippen LogP contribution in [0, 0.1) is 12.7 Å². The van der Waals surface area contributed by atoms with E-state index < -0.39 is 11.7 Å². The Morgan fingerprint density at radius 1 is 1.20 bits per heavy atom. The van der Waals surface area contributed by atoms with Crippen LogP contribution in [0.25, 0.3) is 0 Å². The number of halogens is 2. The van der Waals surface area contributed by atoms with Crippen LogP contribution in [0.3, 0.4) is 0 Å². The Kier molecular flexibility index (Phi) is 6.92. The van der Waals surface area contributed by atoms with Gasteiger partial charge in [0, 0.05) is 6.54 Å². The maximum atomic E-state index is 13.1. The molecule has 0 aliphatic heterocycles. The van der Waals surface area contributed by atoms with Crippen LogP contribution in [0.2, 0.25) is 5.02 Å². The van der Waals surface area contributed by atoms with Crippen molar-refractivity contribution in [2.24, 2.45) is 0 Å². The summed E-state index contributed by atoms with van der Waals surface area (Å²) in [5.74, 6) is -1.13. The largest absolute Gasteiger partial charge is 0.351 e. The molecule has 0 bridgehead atoms. The Balaban J connectivity index is 2.04. The van der Waals surface area contributed by atoms with Gasteiger partial charge in [0.05, 0.1) is 20.5 Å². The second-order valence-electron chi connectivity index (χ2n) is 5.41. The van der Waals surface area contributed by atoms with Gasteiger partial charge >= 0.3 is 0 Å². The minimum Gasteiger partial charge on any atom is -0.351 e. The summed E-state index contributed by atoms with van der Waals surface area (Å²) in [6, 6.07) is 5.30. The molecule has 134 valence electrons. The number of carbonyl (C=O) groups is 2. The highest BCUT2D eigenvalue weighted by molar-refractivity contribution is 7.18. The van der Waals surface area contributed by atoms with Gasteiger partial charge in [0.15, 0.2) is 0 Å². The Morgan fingerprint density at radius 2 is 1.96 bits per heavy atom. The summed E-state index contributed by atoms with van der Waals surface area (Å²) in [5.41, 5.74) is 0.948. The summed E-state index contributed by atoms with van der Waals surface area (Å²) >= 11 is 7.08. The third kappa shape index (κ3) is 5.26. The maximum Gasteiger partial charge on any atom is 0.261 e. The van der Waals surface area contributed by atoms with Gasteiger partial charge in [0.2, 0.25) is 0 Å². The Labute approximate surface area is 154 Å². The summed E-state index contributed by atoms with van der Waals surface area (Å²) in [5, 5.41) is 9.12. The molecule has 1 aromatic heterocycles. The molecule has 0 saturated heterocycles. The first-order valence-electron chi connectivity index (χ1n) is 7.72. The van der Waals surface area contributed by atoms with Crippen LogP contribution in [-0.4, -0.2) is 32.0 Å². The van der Waals surface area contributed by atoms with Crippen LogP contribution in [0.4, 0.5) is 9.39 Å². The number of anilines is 1. The van der Waals surface area contributed by atoms with Gasteiger partial charge in [-0.1, -0.05) is 11.6 Å². The number of nitrogens with one attached hydrogen (secondary N) is 3. The minimum atomic E-state index is -0.509. The molecule has 0 unspecified atom stereocenters. The second-order valence-corrected chi connectivity index (χ2v) is 6.87. The molecular weight excluding hydrogens is 365 g/mol. The highest BCUT2D eigenvalue weighted by atomic mass is 35.5. The fourth-order valence-corrected chi connectivity index (χ4v) is 3.41. The molecule has 0 saturated carbocycles. The predicted octanol–water partition coefficient (Wildman–Crippen LogP) is 3.44. The lowest BCUT2D eigenvalue weighted by atomic mass is 10.2. The van der Waals surface area contributed by atoms with Gasteiger partial charge in [-0.05, 0) is 56.8 Å². The van der Waals surface area contributed by atoms with Gasteiger partial charge in [-0.2, -0.15) is 0 Å². The maximum absolute atomic E-state index is 13.1. The molecule has 1 aromatic carbocycles. The lowest BCUT2D eigenvalue weighted by molar-refractivity contribution is 0.0955. The predicted molar refractivity (Wildman–Crippen MR) is 99.3 cm³/mol. The molecule has 0 spiro atoms. The highest BCUT2D eigenvalue weighted by Gasteiger charge is 2.16. The van der Waals surface area contributed by atoms with Crippen LogP contribution < -0.4 is 16.0 Å². The van der Waals surface area contributed by atoms with E-state index in [0.29, 0.717) is 16.4 Å². The molecule has 0 radical (unpaired) electrons. The molecule has 2 aromatic rings. The fourth-order valence-electron chi connectivity index (χ4n) is 2.17. The average Bonchev–Trinajstić information content (AvgIpc) is 2.91. The number of thiophene rings is 1. The number of aryl methyl sites for hydroxylation is 1. The summed E-state index contributed by atoms with van der Waals surface area (Å²) in [6.07, 6.45) is 0.833. The van der Waals surface area contributed by atoms with E-state index in [4.69, 9.17) is 11.6 Å². The van der Waals surface area contributed by atoms with Crippen molar-refractivity contribution < 1.29 is 14.0 Å². The smallest absolute Gasteiger partial charge is 0.261 e. The summed E-state index contributed by atoms with van der Waals surface area (Å²) in [7, 11) is 1.85. The molecule has 0 fully saturated rings. The topological polar surface area (TPSA) is 70.2 Å². The molecule has 0 atom stereocenters. The molecular formula is C17H19ClFN3O2S. The first-order chi connectivity index (χ1) is 11.9. The number of benzene rings is 1. The molecule has 8 heteroatoms. The number of amides is 2. The van der Waals surface area contributed by atoms with E-state index in [-0.39, 0.29) is 16.5 Å². The van der Waals surface area contributed by atoms with Crippen LogP contribution >= 0.6 is 22.9 Å². The summed E-state index contributed by atoms with van der Waals surface area (Å²) in [6.45, 7) is 3.20. The highest BCUT2D eigenvalue weighted by Crippen LogP contribution is 2.28. The number of hydrogen-bond acceptors (Lipinski definition) is 4. The quantitative estimate of drug-likeness (QED) is 0.641. The van der Waals surface area contributed by atoms with E-state index in [1.54, 1.807) is 13.0 Å². The third-order valence-corrected chi connectivity index (χ3v) is 4.89. The molecule has 2 rings (SSSR count). The number of carbonyl (C=O) groups excluding carboxylic acids is 2. The molecule has 25 heavy (non-hydrogen) atoms. The normalized spacial score (nSPS) is 10.6. The van der Waals surface area contributed by atoms with Crippen LogP contribution in [0.1, 0.15) is 32.0 Å². The van der Waals surface area contributed by atoms with Crippen molar-refractivity contribution in [3.63, 3.8) is 0 Å². The fraction of sp³-hybridized carbons (Fsp3) is 0.294. The van der Waals surface area contributed by atoms with E-state index in [2.05, 4.69) is 16.0 Å². The standard InChI is InChI=1S/C17H19ClFN3O2S/c1-10-8-14(25-15(10)17(24)21-7-3-6-20-2)22-16(23)12-5-4-11(19)9-13(12)18/h4-5,8-9,20H,3,6-7H2,1-2H3,(H,21,24)(H,22,23). The lowest BCUT2D eigenvalue weighted by Crippen LogP contribution is -2.26. The van der Waals surface area contributed by atoms with Crippen molar-refractivity contribution in [3.8, 4) is 0 Å². The molecule has 1 heterocycles. The van der Waals surface area contributed by atoms with Crippen molar-refractivity contribution in [1.82, 2.24) is 10.6 Å². The van der Waals surface area contributed by atoms with Crippen LogP contribution in [0.5, 0.6) is 0 Å². The van der Waals surface area contributed by atoms with Gasteiger partial charge in [-0.15, -0.1) is 11.3 Å². The first-order valence-corrected chi connectivity index (χ1v) is 8.91. The van der Waals surface area contributed by atoms with Crippen LogP contribution in [0.15, 0.2) is 24.3 Å². The Hall–Kier alpha value is -1.96. The van der Waals surface area contributed by atoms with Crippen molar-refractivity contribution in [2.45, 2.75) is 13.3 Å². The van der Waals surface area contributed by atoms with E-state index in [0.717, 1.165) is 24.6 Å². The molecule has 3 N–H and O–H groups in total. The van der Waals surface area contributed by atoms with Gasteiger partial charge in [-0.25, -0.2) is 4.39 Å². The van der Waals surface area contributed by atoms with E-state index >= 15 is 0 Å². The van der Waals surface area contributed by atoms with Gasteiger partial charge in [-0.3, -0.25) is 9.59 Å². The van der Waals surface area contributed by atoms with Gasteiger partial charge < -0.3 is 16.0 Å². The van der Waals surface area contributed by atoms with Crippen molar-refractivity contribution in [2.75, 3.05) is 25.5 Å². The van der Waals surface area contributed by atoms with Crippen molar-refractivity contribution in [3.05, 3.63) is 51.1 Å². The Morgan fingerprint density at radius 3 is 2.64 bits per heavy atom. The van der Waals surface area contributed by atoms with Gasteiger partial charge in [0.1, 0.15) is 5.82 Å². The number of hydrogen-bond donors (Lipinski definition) is 3. The van der Waals surface area contributed by atoms with Crippen molar-refractivity contribution in [1.29, 1.82) is 0 Å². The van der Waals surface area contributed by atoms with E-state index in [9.17, 15) is 14.0 Å². The Bertz CT molecular complexity index is 779. The van der Waals surface area contributed by atoms with Crippen molar-refractivity contribution >= 4 is 39.8 Å². The molecule has 2 amide bonds. The van der Waals surface area contributed by atoms with E-state index in [1.807, 2.05) is 7.05 Å². The zero-order chi connectivity index (χ0) is 18.4. The monoisotopic (exact) mass is 383 g/mol. The SMILES string of the molecule is CNCCCNC(=O)c1sc(NC(=O)c2ccc(F)cc2Cl)cc1C. The third-order valence-electron chi connectivity index (χ3n) is 3.43. The van der Waals surface area contributed by atoms with Gasteiger partial charge in [0.25, 0.3) is 11.8 Å². The lowest BCUT2D eigenvalue weighted by Gasteiger charge is -2.05. The minimum absolute atomic E-state index is 0.0354. The second kappa shape index (κ2) is 8.94. The zero-order valence-electron chi connectivity index (χ0n) is 13.9. The first kappa shape index (κ1) is 19.4. The summed E-state index contributed by atoms with van der Waals surface area (Å²) in [4.78, 5) is 25.0.